The molecule has 2 rings (SSSR count). The Hall–Kier alpha value is -1.59. The molecule has 0 radical (unpaired) electrons. The van der Waals surface area contributed by atoms with Gasteiger partial charge in [-0.05, 0) is 31.0 Å². The Morgan fingerprint density at radius 2 is 1.91 bits per heavy atom. The summed E-state index contributed by atoms with van der Waals surface area (Å²) in [5.74, 6) is -1.53. The van der Waals surface area contributed by atoms with E-state index in [1.807, 2.05) is 0 Å². The molecule has 0 spiro atoms. The smallest absolute Gasteiger partial charge is 0.326 e. The van der Waals surface area contributed by atoms with Crippen molar-refractivity contribution in [3.05, 3.63) is 33.8 Å². The van der Waals surface area contributed by atoms with Crippen LogP contribution in [-0.2, 0) is 9.59 Å². The number of carboxylic acid groups (broad SMARTS) is 1. The molecular formula is C15H15Cl2NO4. The van der Waals surface area contributed by atoms with Crippen LogP contribution >= 0.6 is 23.2 Å². The Kier molecular flexibility index (Phi) is 5.42. The fourth-order valence-electron chi connectivity index (χ4n) is 2.50. The highest BCUT2D eigenvalue weighted by Crippen LogP contribution is 2.24. The number of carbonyl (C=O) groups is 3. The van der Waals surface area contributed by atoms with Crippen LogP contribution in [0.15, 0.2) is 18.2 Å². The van der Waals surface area contributed by atoms with Crippen LogP contribution < -0.4 is 0 Å². The molecule has 1 aliphatic heterocycles. The lowest BCUT2D eigenvalue weighted by Gasteiger charge is -2.21. The van der Waals surface area contributed by atoms with E-state index in [1.165, 1.54) is 17.0 Å². The number of hydrogen-bond donors (Lipinski definition) is 1. The van der Waals surface area contributed by atoms with Gasteiger partial charge < -0.3 is 10.0 Å². The molecular weight excluding hydrogens is 329 g/mol. The zero-order valence-corrected chi connectivity index (χ0v) is 13.2. The largest absolute Gasteiger partial charge is 0.480 e. The van der Waals surface area contributed by atoms with E-state index >= 15 is 0 Å². The lowest BCUT2D eigenvalue weighted by molar-refractivity contribution is -0.148. The fourth-order valence-corrected chi connectivity index (χ4v) is 2.80. The molecule has 118 valence electrons. The molecule has 5 nitrogen and oxygen atoms in total. The number of likely N-dealkylation sites (tertiary alicyclic amines) is 1. The average molecular weight is 344 g/mol. The number of amides is 1. The third kappa shape index (κ3) is 3.78. The number of benzene rings is 1. The highest BCUT2D eigenvalue weighted by atomic mass is 35.5. The molecule has 0 saturated carbocycles. The molecule has 0 aliphatic carbocycles. The highest BCUT2D eigenvalue weighted by Gasteiger charge is 2.33. The van der Waals surface area contributed by atoms with Gasteiger partial charge in [0.05, 0.1) is 10.0 Å². The molecule has 7 heteroatoms. The number of carboxylic acids is 1. The van der Waals surface area contributed by atoms with Crippen molar-refractivity contribution in [1.82, 2.24) is 4.90 Å². The van der Waals surface area contributed by atoms with Crippen LogP contribution in [0.25, 0.3) is 0 Å². The summed E-state index contributed by atoms with van der Waals surface area (Å²) in [5, 5.41) is 9.70. The zero-order valence-electron chi connectivity index (χ0n) is 11.7. The quantitative estimate of drug-likeness (QED) is 0.833. The summed E-state index contributed by atoms with van der Waals surface area (Å²) in [7, 11) is 0. The molecule has 1 aromatic carbocycles. The van der Waals surface area contributed by atoms with E-state index < -0.39 is 12.0 Å². The van der Waals surface area contributed by atoms with Gasteiger partial charge >= 0.3 is 5.97 Å². The van der Waals surface area contributed by atoms with Crippen LogP contribution in [0.5, 0.6) is 0 Å². The minimum Gasteiger partial charge on any atom is -0.480 e. The Bertz CT molecular complexity index is 618. The van der Waals surface area contributed by atoms with Crippen molar-refractivity contribution >= 4 is 40.9 Å². The number of carbonyl (C=O) groups excluding carboxylic acids is 2. The van der Waals surface area contributed by atoms with E-state index in [-0.39, 0.29) is 29.6 Å². The van der Waals surface area contributed by atoms with Gasteiger partial charge in [-0.1, -0.05) is 23.2 Å². The van der Waals surface area contributed by atoms with Crippen LogP contribution in [0.4, 0.5) is 0 Å². The van der Waals surface area contributed by atoms with Crippen molar-refractivity contribution in [3.8, 4) is 0 Å². The van der Waals surface area contributed by atoms with Crippen molar-refractivity contribution < 1.29 is 19.5 Å². The molecule has 1 aromatic rings. The van der Waals surface area contributed by atoms with Gasteiger partial charge in [0, 0.05) is 24.9 Å². The maximum atomic E-state index is 12.1. The van der Waals surface area contributed by atoms with E-state index in [0.29, 0.717) is 30.0 Å². The van der Waals surface area contributed by atoms with Gasteiger partial charge in [-0.25, -0.2) is 4.79 Å². The van der Waals surface area contributed by atoms with Gasteiger partial charge in [0.1, 0.15) is 6.04 Å². The normalized spacial score (nSPS) is 17.5. The summed E-state index contributed by atoms with van der Waals surface area (Å²) in [5.41, 5.74) is 0.387. The molecule has 1 N–H and O–H groups in total. The minimum atomic E-state index is -0.998. The molecule has 1 aliphatic rings. The zero-order chi connectivity index (χ0) is 16.3. The van der Waals surface area contributed by atoms with Crippen molar-refractivity contribution in [2.45, 2.75) is 31.7 Å². The summed E-state index contributed by atoms with van der Waals surface area (Å²) in [6.45, 7) is 0.427. The maximum Gasteiger partial charge on any atom is 0.326 e. The topological polar surface area (TPSA) is 74.7 Å². The van der Waals surface area contributed by atoms with Crippen LogP contribution in [0.1, 0.15) is 36.0 Å². The van der Waals surface area contributed by atoms with Gasteiger partial charge in [0.25, 0.3) is 0 Å². The number of Topliss-reactive ketones (excluding diaryl/α,β-unsaturated/α-hetero) is 1. The van der Waals surface area contributed by atoms with Crippen LogP contribution in [0.2, 0.25) is 10.0 Å². The number of rotatable bonds is 5. The number of aliphatic carboxylic acids is 1. The molecule has 1 heterocycles. The van der Waals surface area contributed by atoms with Gasteiger partial charge in [0.15, 0.2) is 5.78 Å². The Balaban J connectivity index is 1.94. The van der Waals surface area contributed by atoms with E-state index in [2.05, 4.69) is 0 Å². The highest BCUT2D eigenvalue weighted by molar-refractivity contribution is 6.42. The third-order valence-electron chi connectivity index (χ3n) is 3.67. The van der Waals surface area contributed by atoms with Crippen LogP contribution in [-0.4, -0.2) is 40.3 Å². The fraction of sp³-hybridized carbons (Fsp3) is 0.400. The second-order valence-corrected chi connectivity index (χ2v) is 5.95. The number of hydrogen-bond acceptors (Lipinski definition) is 3. The molecule has 0 aromatic heterocycles. The number of halogens is 2. The van der Waals surface area contributed by atoms with Crippen molar-refractivity contribution in [1.29, 1.82) is 0 Å². The van der Waals surface area contributed by atoms with Crippen molar-refractivity contribution in [2.24, 2.45) is 0 Å². The van der Waals surface area contributed by atoms with Crippen LogP contribution in [0.3, 0.4) is 0 Å². The molecule has 1 amide bonds. The molecule has 1 saturated heterocycles. The van der Waals surface area contributed by atoms with Crippen LogP contribution in [0, 0.1) is 0 Å². The van der Waals surface area contributed by atoms with Gasteiger partial charge in [-0.3, -0.25) is 9.59 Å². The van der Waals surface area contributed by atoms with E-state index in [4.69, 9.17) is 28.3 Å². The monoisotopic (exact) mass is 343 g/mol. The lowest BCUT2D eigenvalue weighted by atomic mass is 10.1. The predicted octanol–water partition coefficient (Wildman–Crippen LogP) is 3.03. The van der Waals surface area contributed by atoms with Gasteiger partial charge in [0.2, 0.25) is 5.91 Å². The Labute approximate surface area is 137 Å². The molecule has 0 bridgehead atoms. The first-order valence-electron chi connectivity index (χ1n) is 6.90. The number of ketones is 1. The van der Waals surface area contributed by atoms with Crippen molar-refractivity contribution in [2.75, 3.05) is 6.54 Å². The summed E-state index contributed by atoms with van der Waals surface area (Å²) in [6, 6.07) is 3.77. The van der Waals surface area contributed by atoms with Crippen molar-refractivity contribution in [3.63, 3.8) is 0 Å². The maximum absolute atomic E-state index is 12.1. The first-order chi connectivity index (χ1) is 10.4. The van der Waals surface area contributed by atoms with E-state index in [0.717, 1.165) is 0 Å². The first kappa shape index (κ1) is 16.8. The second kappa shape index (κ2) is 7.11. The summed E-state index contributed by atoms with van der Waals surface area (Å²) < 4.78 is 0. The molecule has 0 unspecified atom stereocenters. The standard InChI is InChI=1S/C15H15Cl2NO4/c16-10-4-3-9(8-11(10)17)13(19)5-6-14(20)18-7-1-2-12(18)15(21)22/h3-4,8,12H,1-2,5-7H2,(H,21,22)/t12-/m0/s1. The predicted molar refractivity (Wildman–Crippen MR) is 82.4 cm³/mol. The van der Waals surface area contributed by atoms with Gasteiger partial charge in [-0.15, -0.1) is 0 Å². The molecule has 1 atom stereocenters. The van der Waals surface area contributed by atoms with E-state index in [1.54, 1.807) is 6.07 Å². The Morgan fingerprint density at radius 1 is 1.18 bits per heavy atom. The first-order valence-corrected chi connectivity index (χ1v) is 7.66. The average Bonchev–Trinajstić information content (AvgIpc) is 2.97. The summed E-state index contributed by atoms with van der Waals surface area (Å²) in [4.78, 5) is 36.5. The second-order valence-electron chi connectivity index (χ2n) is 5.14. The third-order valence-corrected chi connectivity index (χ3v) is 4.40. The molecule has 22 heavy (non-hydrogen) atoms. The number of nitrogens with zero attached hydrogens (tertiary/aromatic N) is 1. The Morgan fingerprint density at radius 3 is 2.55 bits per heavy atom. The van der Waals surface area contributed by atoms with Gasteiger partial charge in [-0.2, -0.15) is 0 Å². The van der Waals surface area contributed by atoms with E-state index in [9.17, 15) is 14.4 Å². The summed E-state index contributed by atoms with van der Waals surface area (Å²) in [6.07, 6.45) is 1.13. The molecule has 1 fully saturated rings. The summed E-state index contributed by atoms with van der Waals surface area (Å²) >= 11 is 11.6. The lowest BCUT2D eigenvalue weighted by Crippen LogP contribution is -2.40. The minimum absolute atomic E-state index is 0.0111. The SMILES string of the molecule is O=C(CCC(=O)N1CCC[C@H]1C(=O)O)c1ccc(Cl)c(Cl)c1.